The number of thiol groups is 1. The van der Waals surface area contributed by atoms with Gasteiger partial charge in [-0.2, -0.15) is 4.31 Å². The van der Waals surface area contributed by atoms with Crippen LogP contribution in [0.5, 0.6) is 0 Å². The molecule has 0 aromatic rings. The van der Waals surface area contributed by atoms with Crippen molar-refractivity contribution in [2.45, 2.75) is 18.9 Å². The van der Waals surface area contributed by atoms with Crippen molar-refractivity contribution in [3.63, 3.8) is 0 Å². The molecule has 7 heteroatoms. The molecule has 0 N–H and O–H groups in total. The first-order valence-corrected chi connectivity index (χ1v) is 4.85. The molecule has 74 valence electrons. The van der Waals surface area contributed by atoms with Crippen LogP contribution < -0.4 is 0 Å². The molecule has 13 heavy (non-hydrogen) atoms. The smallest absolute Gasteiger partial charge is 0.331 e. The van der Waals surface area contributed by atoms with Crippen LogP contribution in [0.15, 0.2) is 0 Å². The van der Waals surface area contributed by atoms with Crippen LogP contribution in [0.4, 0.5) is 0 Å². The molecule has 0 bridgehead atoms. The zero-order chi connectivity index (χ0) is 9.84. The van der Waals surface area contributed by atoms with E-state index in [1.165, 1.54) is 0 Å². The summed E-state index contributed by atoms with van der Waals surface area (Å²) in [6.07, 6.45) is 1.03. The molecule has 6 nitrogen and oxygen atoms in total. The summed E-state index contributed by atoms with van der Waals surface area (Å²) < 4.78 is 26.3. The van der Waals surface area contributed by atoms with Gasteiger partial charge in [0.25, 0.3) is 0 Å². The third kappa shape index (κ3) is 2.25. The molecule has 1 aliphatic heterocycles. The van der Waals surface area contributed by atoms with Crippen molar-refractivity contribution < 1.29 is 22.7 Å². The average Bonchev–Trinajstić information content (AvgIpc) is 2.52. The van der Waals surface area contributed by atoms with Gasteiger partial charge in [0.15, 0.2) is 0 Å². The van der Waals surface area contributed by atoms with Gasteiger partial charge in [0.2, 0.25) is 10.9 Å². The van der Waals surface area contributed by atoms with E-state index in [2.05, 4.69) is 4.74 Å². The van der Waals surface area contributed by atoms with E-state index in [1.807, 2.05) is 0 Å². The molecule has 0 aromatic carbocycles. The number of hydrogen-bond acceptors (Lipinski definition) is 5. The molecule has 1 saturated heterocycles. The molecule has 0 radical (unpaired) electrons. The number of ether oxygens (including phenoxy) is 1. The van der Waals surface area contributed by atoms with E-state index in [0.29, 0.717) is 19.4 Å². The molecule has 1 rings (SSSR count). The van der Waals surface area contributed by atoms with E-state index in [4.69, 9.17) is 0 Å². The van der Waals surface area contributed by atoms with E-state index in [-0.39, 0.29) is 6.47 Å². The maximum absolute atomic E-state index is 11.0. The summed E-state index contributed by atoms with van der Waals surface area (Å²) in [6.45, 7) is 0.327. The van der Waals surface area contributed by atoms with Crippen molar-refractivity contribution in [2.75, 3.05) is 6.54 Å². The van der Waals surface area contributed by atoms with Crippen molar-refractivity contribution in [1.29, 1.82) is 0 Å². The average molecular weight is 207 g/mol. The maximum Gasteiger partial charge on any atom is 0.331 e. The van der Waals surface area contributed by atoms with E-state index < -0.39 is 22.9 Å². The lowest BCUT2D eigenvalue weighted by molar-refractivity contribution is -0.154. The summed E-state index contributed by atoms with van der Waals surface area (Å²) in [6, 6.07) is -0.814. The Kier molecular flexibility index (Phi) is 3.38. The Labute approximate surface area is 76.5 Å². The maximum atomic E-state index is 11.0. The van der Waals surface area contributed by atoms with Gasteiger partial charge in [-0.3, -0.25) is 4.79 Å². The zero-order valence-electron chi connectivity index (χ0n) is 6.71. The molecular formula is C6H9NO5S. The van der Waals surface area contributed by atoms with E-state index in [0.717, 1.165) is 4.31 Å². The predicted octanol–water partition coefficient (Wildman–Crippen LogP) is -1.32. The van der Waals surface area contributed by atoms with Crippen molar-refractivity contribution in [3.05, 3.63) is 0 Å². The van der Waals surface area contributed by atoms with Crippen LogP contribution in [0, 0.1) is 0 Å². The minimum atomic E-state index is -2.77. The van der Waals surface area contributed by atoms with Crippen molar-refractivity contribution in [1.82, 2.24) is 4.31 Å². The van der Waals surface area contributed by atoms with Crippen LogP contribution in [-0.4, -0.2) is 37.8 Å². The fourth-order valence-corrected chi connectivity index (χ4v) is 2.05. The summed E-state index contributed by atoms with van der Waals surface area (Å²) in [5.74, 6) is -0.799. The van der Waals surface area contributed by atoms with E-state index in [1.54, 1.807) is 0 Å². The third-order valence-corrected chi connectivity index (χ3v) is 2.77. The van der Waals surface area contributed by atoms with E-state index >= 15 is 0 Å². The lowest BCUT2D eigenvalue weighted by atomic mass is 10.2. The second-order valence-corrected chi connectivity index (χ2v) is 3.58. The second kappa shape index (κ2) is 4.33. The standard InChI is InChI=1S/C6H9NO5S/c8-4-12-6(9)5-2-1-3-7(5)13(10)11/h4-5,13H,1-3H2. The molecule has 1 atom stereocenters. The Hall–Kier alpha value is -0.950. The molecule has 0 amide bonds. The van der Waals surface area contributed by atoms with E-state index in [9.17, 15) is 18.0 Å². The Bertz CT molecular complexity index is 279. The number of carbonyl (C=O) groups excluding carboxylic acids is 2. The second-order valence-electron chi connectivity index (χ2n) is 2.59. The molecule has 1 heterocycles. The number of esters is 1. The van der Waals surface area contributed by atoms with Gasteiger partial charge in [0.1, 0.15) is 6.04 Å². The topological polar surface area (TPSA) is 80.8 Å². The van der Waals surface area contributed by atoms with Gasteiger partial charge in [0, 0.05) is 6.54 Å². The van der Waals surface area contributed by atoms with Gasteiger partial charge in [-0.1, -0.05) is 0 Å². The monoisotopic (exact) mass is 207 g/mol. The van der Waals surface area contributed by atoms with Gasteiger partial charge in [0.05, 0.1) is 0 Å². The Morgan fingerprint density at radius 2 is 2.23 bits per heavy atom. The first-order valence-electron chi connectivity index (χ1n) is 3.72. The lowest BCUT2D eigenvalue weighted by Gasteiger charge is -2.13. The molecule has 0 aromatic heterocycles. The Balaban J connectivity index is 2.67. The van der Waals surface area contributed by atoms with Gasteiger partial charge < -0.3 is 4.74 Å². The highest BCUT2D eigenvalue weighted by molar-refractivity contribution is 7.69. The minimum Gasteiger partial charge on any atom is -0.394 e. The van der Waals surface area contributed by atoms with Gasteiger partial charge >= 0.3 is 12.4 Å². The summed E-state index contributed by atoms with van der Waals surface area (Å²) in [5, 5.41) is 0. The highest BCUT2D eigenvalue weighted by Gasteiger charge is 2.33. The molecule has 0 spiro atoms. The van der Waals surface area contributed by atoms with Crippen molar-refractivity contribution in [2.24, 2.45) is 0 Å². The lowest BCUT2D eigenvalue weighted by Crippen LogP contribution is -2.35. The van der Waals surface area contributed by atoms with Crippen LogP contribution >= 0.6 is 0 Å². The molecule has 1 unspecified atom stereocenters. The summed E-state index contributed by atoms with van der Waals surface area (Å²) in [7, 11) is -2.77. The largest absolute Gasteiger partial charge is 0.394 e. The molecule has 1 fully saturated rings. The van der Waals surface area contributed by atoms with Crippen molar-refractivity contribution in [3.8, 4) is 0 Å². The number of rotatable bonds is 3. The number of hydrogen-bond donors (Lipinski definition) is 1. The van der Waals surface area contributed by atoms with Gasteiger partial charge in [-0.25, -0.2) is 13.2 Å². The third-order valence-electron chi connectivity index (χ3n) is 1.87. The zero-order valence-corrected chi connectivity index (χ0v) is 7.61. The molecule has 1 aliphatic rings. The highest BCUT2D eigenvalue weighted by Crippen LogP contribution is 2.17. The molecule has 0 saturated carbocycles. The number of carbonyl (C=O) groups is 2. The number of nitrogens with zero attached hydrogens (tertiary/aromatic N) is 1. The first kappa shape index (κ1) is 10.1. The van der Waals surface area contributed by atoms with Gasteiger partial charge in [-0.05, 0) is 12.8 Å². The van der Waals surface area contributed by atoms with Crippen LogP contribution in [-0.2, 0) is 25.2 Å². The summed E-state index contributed by atoms with van der Waals surface area (Å²) in [4.78, 5) is 20.8. The Morgan fingerprint density at radius 3 is 2.77 bits per heavy atom. The summed E-state index contributed by atoms with van der Waals surface area (Å²) >= 11 is 0. The minimum absolute atomic E-state index is 0.0106. The molecule has 0 aliphatic carbocycles. The Morgan fingerprint density at radius 1 is 1.54 bits per heavy atom. The summed E-state index contributed by atoms with van der Waals surface area (Å²) in [5.41, 5.74) is 0. The van der Waals surface area contributed by atoms with Crippen LogP contribution in [0.25, 0.3) is 0 Å². The fourth-order valence-electron chi connectivity index (χ4n) is 1.31. The van der Waals surface area contributed by atoms with Crippen molar-refractivity contribution >= 4 is 23.3 Å². The predicted molar refractivity (Wildman–Crippen MR) is 42.2 cm³/mol. The van der Waals surface area contributed by atoms with Crippen LogP contribution in [0.1, 0.15) is 12.8 Å². The normalized spacial score (nSPS) is 23.3. The quantitative estimate of drug-likeness (QED) is 0.268. The molecular weight excluding hydrogens is 198 g/mol. The van der Waals surface area contributed by atoms with Gasteiger partial charge in [-0.15, -0.1) is 0 Å². The van der Waals surface area contributed by atoms with Crippen LogP contribution in [0.2, 0.25) is 0 Å². The first-order chi connectivity index (χ1) is 6.16. The van der Waals surface area contributed by atoms with Crippen LogP contribution in [0.3, 0.4) is 0 Å². The highest BCUT2D eigenvalue weighted by atomic mass is 32.2. The SMILES string of the molecule is O=COC(=O)C1CCCN1[SH](=O)=O. The fraction of sp³-hybridized carbons (Fsp3) is 0.667.